The quantitative estimate of drug-likeness (QED) is 0.582. The van der Waals surface area contributed by atoms with Crippen LogP contribution in [0.4, 0.5) is 17.2 Å². The Morgan fingerprint density at radius 2 is 1.81 bits per heavy atom. The zero-order chi connectivity index (χ0) is 19.6. The van der Waals surface area contributed by atoms with Crippen molar-refractivity contribution in [3.8, 4) is 5.69 Å². The Kier molecular flexibility index (Phi) is 5.06. The fourth-order valence-electron chi connectivity index (χ4n) is 2.45. The topological polar surface area (TPSA) is 119 Å². The summed E-state index contributed by atoms with van der Waals surface area (Å²) in [6.45, 7) is 0. The van der Waals surface area contributed by atoms with E-state index in [-0.39, 0.29) is 16.4 Å². The van der Waals surface area contributed by atoms with Gasteiger partial charge in [0.15, 0.2) is 5.82 Å². The summed E-state index contributed by atoms with van der Waals surface area (Å²) in [5, 5.41) is 7.68. The van der Waals surface area contributed by atoms with E-state index in [0.29, 0.717) is 11.5 Å². The molecule has 0 bridgehead atoms. The Morgan fingerprint density at radius 3 is 2.44 bits per heavy atom. The number of sulfonamides is 1. The molecule has 0 unspecified atom stereocenters. The number of hydrogen-bond acceptors (Lipinski definition) is 5. The maximum absolute atomic E-state index is 11.8. The molecule has 140 valence electrons. The Labute approximate surface area is 161 Å². The number of aromatic nitrogens is 2. The minimum atomic E-state index is -3.50. The standard InChI is InChI=1S/C17H16ClN5O3S/c1-27(25,26)22-13-7-11(18)8-14(9-13)23-15(17(19)24)10-16(21-23)20-12-5-3-2-4-6-12/h2-10,22H,1H3,(H2,19,24)(H,20,21). The molecule has 3 aromatic rings. The smallest absolute Gasteiger partial charge is 0.267 e. The van der Waals surface area contributed by atoms with Crippen LogP contribution >= 0.6 is 11.6 Å². The van der Waals surface area contributed by atoms with Crippen LogP contribution in [0.5, 0.6) is 0 Å². The number of anilines is 3. The van der Waals surface area contributed by atoms with Crippen LogP contribution in [0.3, 0.4) is 0 Å². The van der Waals surface area contributed by atoms with Crippen LogP contribution in [0.1, 0.15) is 10.5 Å². The van der Waals surface area contributed by atoms with Gasteiger partial charge in [0.25, 0.3) is 5.91 Å². The van der Waals surface area contributed by atoms with Gasteiger partial charge in [0.05, 0.1) is 17.6 Å². The summed E-state index contributed by atoms with van der Waals surface area (Å²) < 4.78 is 26.6. The molecular weight excluding hydrogens is 390 g/mol. The van der Waals surface area contributed by atoms with Gasteiger partial charge in [-0.2, -0.15) is 0 Å². The Balaban J connectivity index is 2.04. The third kappa shape index (κ3) is 4.78. The normalized spacial score (nSPS) is 11.2. The van der Waals surface area contributed by atoms with E-state index in [2.05, 4.69) is 15.1 Å². The molecule has 0 aliphatic heterocycles. The molecule has 1 amide bonds. The van der Waals surface area contributed by atoms with Crippen molar-refractivity contribution in [2.75, 3.05) is 16.3 Å². The molecule has 0 atom stereocenters. The maximum Gasteiger partial charge on any atom is 0.267 e. The minimum absolute atomic E-state index is 0.112. The molecule has 0 saturated carbocycles. The first-order valence-electron chi connectivity index (χ1n) is 7.72. The minimum Gasteiger partial charge on any atom is -0.364 e. The van der Waals surface area contributed by atoms with Crippen molar-refractivity contribution in [3.63, 3.8) is 0 Å². The Bertz CT molecular complexity index is 1100. The summed E-state index contributed by atoms with van der Waals surface area (Å²) in [5.74, 6) is -0.297. The van der Waals surface area contributed by atoms with E-state index in [1.165, 1.54) is 22.9 Å². The molecule has 8 nitrogen and oxygen atoms in total. The number of amides is 1. The third-order valence-corrected chi connectivity index (χ3v) is 4.26. The third-order valence-electron chi connectivity index (χ3n) is 3.44. The number of halogens is 1. The second-order valence-corrected chi connectivity index (χ2v) is 7.94. The van der Waals surface area contributed by atoms with Gasteiger partial charge in [-0.15, -0.1) is 5.10 Å². The molecule has 0 spiro atoms. The Morgan fingerprint density at radius 1 is 1.11 bits per heavy atom. The van der Waals surface area contributed by atoms with Crippen LogP contribution in [0, 0.1) is 0 Å². The fourth-order valence-corrected chi connectivity index (χ4v) is 3.23. The largest absolute Gasteiger partial charge is 0.364 e. The monoisotopic (exact) mass is 405 g/mol. The average Bonchev–Trinajstić information content (AvgIpc) is 2.98. The number of carbonyl (C=O) groups excluding carboxylic acids is 1. The summed E-state index contributed by atoms with van der Waals surface area (Å²) in [4.78, 5) is 11.8. The van der Waals surface area contributed by atoms with E-state index in [1.54, 1.807) is 6.07 Å². The second kappa shape index (κ2) is 7.29. The van der Waals surface area contributed by atoms with Crippen molar-refractivity contribution in [1.29, 1.82) is 0 Å². The molecular formula is C17H16ClN5O3S. The van der Waals surface area contributed by atoms with Gasteiger partial charge in [0, 0.05) is 16.8 Å². The number of carbonyl (C=O) groups is 1. The SMILES string of the molecule is CS(=O)(=O)Nc1cc(Cl)cc(-n2nc(Nc3ccccc3)cc2C(N)=O)c1. The van der Waals surface area contributed by atoms with Crippen molar-refractivity contribution in [1.82, 2.24) is 9.78 Å². The maximum atomic E-state index is 11.8. The average molecular weight is 406 g/mol. The number of primary amides is 1. The number of benzene rings is 2. The van der Waals surface area contributed by atoms with E-state index < -0.39 is 15.9 Å². The van der Waals surface area contributed by atoms with E-state index in [1.807, 2.05) is 30.3 Å². The molecule has 1 heterocycles. The van der Waals surface area contributed by atoms with E-state index in [9.17, 15) is 13.2 Å². The van der Waals surface area contributed by atoms with E-state index in [0.717, 1.165) is 11.9 Å². The predicted molar refractivity (Wildman–Crippen MR) is 105 cm³/mol. The highest BCUT2D eigenvalue weighted by molar-refractivity contribution is 7.92. The fraction of sp³-hybridized carbons (Fsp3) is 0.0588. The lowest BCUT2D eigenvalue weighted by Gasteiger charge is -2.10. The van der Waals surface area contributed by atoms with Gasteiger partial charge in [0.1, 0.15) is 5.69 Å². The van der Waals surface area contributed by atoms with Crippen LogP contribution in [-0.4, -0.2) is 30.4 Å². The molecule has 2 aromatic carbocycles. The highest BCUT2D eigenvalue weighted by Gasteiger charge is 2.16. The summed E-state index contributed by atoms with van der Waals surface area (Å²) in [6, 6.07) is 15.3. The molecule has 0 radical (unpaired) electrons. The zero-order valence-corrected chi connectivity index (χ0v) is 15.8. The molecule has 0 saturated heterocycles. The van der Waals surface area contributed by atoms with Gasteiger partial charge in [-0.3, -0.25) is 9.52 Å². The molecule has 0 aliphatic carbocycles. The molecule has 0 fully saturated rings. The van der Waals surface area contributed by atoms with Crippen molar-refractivity contribution in [2.45, 2.75) is 0 Å². The molecule has 3 rings (SSSR count). The number of para-hydroxylation sites is 1. The summed E-state index contributed by atoms with van der Waals surface area (Å²) in [7, 11) is -3.50. The first kappa shape index (κ1) is 18.7. The van der Waals surface area contributed by atoms with E-state index >= 15 is 0 Å². The summed E-state index contributed by atoms with van der Waals surface area (Å²) in [6.07, 6.45) is 1.03. The van der Waals surface area contributed by atoms with Crippen molar-refractivity contribution in [2.24, 2.45) is 5.73 Å². The van der Waals surface area contributed by atoms with Crippen LogP contribution in [0.2, 0.25) is 5.02 Å². The first-order chi connectivity index (χ1) is 12.7. The van der Waals surface area contributed by atoms with Gasteiger partial charge < -0.3 is 11.1 Å². The highest BCUT2D eigenvalue weighted by Crippen LogP contribution is 2.25. The number of nitrogens with two attached hydrogens (primary N) is 1. The highest BCUT2D eigenvalue weighted by atomic mass is 35.5. The van der Waals surface area contributed by atoms with Crippen molar-refractivity contribution >= 4 is 44.7 Å². The molecule has 4 N–H and O–H groups in total. The summed E-state index contributed by atoms with van der Waals surface area (Å²) in [5.41, 5.74) is 6.98. The van der Waals surface area contributed by atoms with Crippen LogP contribution in [-0.2, 0) is 10.0 Å². The summed E-state index contributed by atoms with van der Waals surface area (Å²) >= 11 is 6.09. The van der Waals surface area contributed by atoms with Gasteiger partial charge in [0.2, 0.25) is 10.0 Å². The van der Waals surface area contributed by atoms with Crippen molar-refractivity contribution < 1.29 is 13.2 Å². The van der Waals surface area contributed by atoms with Crippen LogP contribution in [0.15, 0.2) is 54.6 Å². The number of hydrogen-bond donors (Lipinski definition) is 3. The van der Waals surface area contributed by atoms with Crippen LogP contribution < -0.4 is 15.8 Å². The molecule has 27 heavy (non-hydrogen) atoms. The molecule has 0 aliphatic rings. The van der Waals surface area contributed by atoms with Gasteiger partial charge in [-0.25, -0.2) is 13.1 Å². The molecule has 10 heteroatoms. The van der Waals surface area contributed by atoms with Crippen molar-refractivity contribution in [3.05, 3.63) is 65.3 Å². The van der Waals surface area contributed by atoms with Gasteiger partial charge in [-0.05, 0) is 30.3 Å². The van der Waals surface area contributed by atoms with Gasteiger partial charge in [-0.1, -0.05) is 29.8 Å². The van der Waals surface area contributed by atoms with E-state index in [4.69, 9.17) is 17.3 Å². The predicted octanol–water partition coefficient (Wildman–Crippen LogP) is 2.74. The lowest BCUT2D eigenvalue weighted by molar-refractivity contribution is 0.0993. The van der Waals surface area contributed by atoms with Gasteiger partial charge >= 0.3 is 0 Å². The second-order valence-electron chi connectivity index (χ2n) is 5.75. The Hall–Kier alpha value is -3.04. The van der Waals surface area contributed by atoms with Crippen LogP contribution in [0.25, 0.3) is 5.69 Å². The lowest BCUT2D eigenvalue weighted by Crippen LogP contribution is -2.17. The number of nitrogens with one attached hydrogen (secondary N) is 2. The molecule has 1 aromatic heterocycles. The number of rotatable bonds is 6. The number of nitrogens with zero attached hydrogens (tertiary/aromatic N) is 2. The first-order valence-corrected chi connectivity index (χ1v) is 9.99. The zero-order valence-electron chi connectivity index (χ0n) is 14.2. The lowest BCUT2D eigenvalue weighted by atomic mass is 10.2.